The molecule has 1 saturated heterocycles. The molecule has 2 unspecified atom stereocenters. The van der Waals surface area contributed by atoms with Crippen LogP contribution < -0.4 is 9.91 Å². The third-order valence-electron chi connectivity index (χ3n) is 4.22. The Kier molecular flexibility index (Phi) is 3.16. The summed E-state index contributed by atoms with van der Waals surface area (Å²) < 4.78 is 13.8. The van der Waals surface area contributed by atoms with Gasteiger partial charge in [-0.05, 0) is 36.8 Å². The summed E-state index contributed by atoms with van der Waals surface area (Å²) >= 11 is 0. The van der Waals surface area contributed by atoms with Crippen LogP contribution in [0.5, 0.6) is 0 Å². The molecule has 120 valence electrons. The van der Waals surface area contributed by atoms with Crippen molar-refractivity contribution >= 4 is 23.2 Å². The van der Waals surface area contributed by atoms with Gasteiger partial charge >= 0.3 is 0 Å². The highest BCUT2D eigenvalue weighted by atomic mass is 19.1. The zero-order valence-corrected chi connectivity index (χ0v) is 12.8. The Bertz CT molecular complexity index is 868. The molecule has 2 heterocycles. The van der Waals surface area contributed by atoms with E-state index in [1.807, 2.05) is 18.2 Å². The van der Waals surface area contributed by atoms with Crippen LogP contribution in [0.25, 0.3) is 0 Å². The van der Waals surface area contributed by atoms with E-state index in [4.69, 9.17) is 0 Å². The molecule has 0 radical (unpaired) electrons. The van der Waals surface area contributed by atoms with Crippen molar-refractivity contribution in [3.05, 3.63) is 59.9 Å². The minimum Gasteiger partial charge on any atom is -0.271 e. The number of para-hydroxylation sites is 1. The molecule has 0 aromatic heterocycles. The van der Waals surface area contributed by atoms with Crippen molar-refractivity contribution in [2.24, 2.45) is 10.3 Å². The van der Waals surface area contributed by atoms with Crippen LogP contribution in [-0.2, 0) is 9.59 Å². The molecule has 0 bridgehead atoms. The van der Waals surface area contributed by atoms with E-state index in [0.29, 0.717) is 11.3 Å². The van der Waals surface area contributed by atoms with Crippen LogP contribution in [0.15, 0.2) is 58.9 Å². The second kappa shape index (κ2) is 5.23. The third-order valence-corrected chi connectivity index (χ3v) is 4.22. The molecule has 7 heteroatoms. The van der Waals surface area contributed by atoms with E-state index in [9.17, 15) is 14.0 Å². The van der Waals surface area contributed by atoms with Gasteiger partial charge in [0.1, 0.15) is 5.82 Å². The van der Waals surface area contributed by atoms with Gasteiger partial charge in [0.15, 0.2) is 12.1 Å². The molecular formula is C17H13FN4O2. The molecule has 2 atom stereocenters. The highest BCUT2D eigenvalue weighted by molar-refractivity contribution is 6.26. The van der Waals surface area contributed by atoms with E-state index in [2.05, 4.69) is 10.3 Å². The van der Waals surface area contributed by atoms with Gasteiger partial charge in [-0.15, -0.1) is 0 Å². The molecule has 6 nitrogen and oxygen atoms in total. The number of aryl methyl sites for hydroxylation is 1. The second-order valence-electron chi connectivity index (χ2n) is 5.72. The van der Waals surface area contributed by atoms with Crippen molar-refractivity contribution in [2.75, 3.05) is 9.91 Å². The Morgan fingerprint density at radius 3 is 2.46 bits per heavy atom. The summed E-state index contributed by atoms with van der Waals surface area (Å²) in [7, 11) is 0. The first-order chi connectivity index (χ1) is 11.6. The Morgan fingerprint density at radius 1 is 1.00 bits per heavy atom. The van der Waals surface area contributed by atoms with Gasteiger partial charge in [-0.3, -0.25) is 9.59 Å². The van der Waals surface area contributed by atoms with Gasteiger partial charge in [0.25, 0.3) is 11.8 Å². The topological polar surface area (TPSA) is 65.3 Å². The van der Waals surface area contributed by atoms with E-state index in [1.54, 1.807) is 25.1 Å². The lowest BCUT2D eigenvalue weighted by Gasteiger charge is -2.20. The maximum absolute atomic E-state index is 13.8. The minimum atomic E-state index is -0.901. The first-order valence-corrected chi connectivity index (χ1v) is 7.47. The molecule has 0 spiro atoms. The Labute approximate surface area is 137 Å². The number of hydrogen-bond donors (Lipinski definition) is 0. The predicted octanol–water partition coefficient (Wildman–Crippen LogP) is 2.63. The van der Waals surface area contributed by atoms with Gasteiger partial charge < -0.3 is 0 Å². The number of hydrogen-bond acceptors (Lipinski definition) is 5. The summed E-state index contributed by atoms with van der Waals surface area (Å²) in [5.41, 5.74) is 1.33. The Hall–Kier alpha value is -3.09. The smallest absolute Gasteiger partial charge is 0.263 e. The number of halogens is 1. The number of benzene rings is 2. The fourth-order valence-electron chi connectivity index (χ4n) is 2.93. The monoisotopic (exact) mass is 324 g/mol. The Balaban J connectivity index is 1.72. The van der Waals surface area contributed by atoms with Crippen LogP contribution in [0.2, 0.25) is 0 Å². The van der Waals surface area contributed by atoms with Gasteiger partial charge in [-0.2, -0.15) is 5.11 Å². The lowest BCUT2D eigenvalue weighted by atomic mass is 10.1. The summed E-state index contributed by atoms with van der Waals surface area (Å²) in [6, 6.07) is 11.6. The molecule has 2 aromatic rings. The zero-order chi connectivity index (χ0) is 16.8. The molecular weight excluding hydrogens is 311 g/mol. The van der Waals surface area contributed by atoms with E-state index < -0.39 is 29.7 Å². The van der Waals surface area contributed by atoms with E-state index in [-0.39, 0.29) is 5.69 Å². The number of fused-ring (bicyclic) bond motifs is 1. The lowest BCUT2D eigenvalue weighted by molar-refractivity contribution is -0.121. The molecule has 2 amide bonds. The molecule has 2 aliphatic rings. The van der Waals surface area contributed by atoms with Crippen molar-refractivity contribution in [3.63, 3.8) is 0 Å². The van der Waals surface area contributed by atoms with Crippen LogP contribution in [-0.4, -0.2) is 23.9 Å². The number of carbonyl (C=O) groups is 2. The fourth-order valence-corrected chi connectivity index (χ4v) is 2.93. The minimum absolute atomic E-state index is 0.214. The molecule has 1 fully saturated rings. The molecule has 2 aromatic carbocycles. The van der Waals surface area contributed by atoms with Crippen molar-refractivity contribution < 1.29 is 14.0 Å². The van der Waals surface area contributed by atoms with Crippen LogP contribution in [0.3, 0.4) is 0 Å². The maximum atomic E-state index is 13.8. The summed E-state index contributed by atoms with van der Waals surface area (Å²) in [6.45, 7) is 1.62. The van der Waals surface area contributed by atoms with Gasteiger partial charge in [0.2, 0.25) is 0 Å². The number of imide groups is 1. The highest BCUT2D eigenvalue weighted by Gasteiger charge is 2.55. The molecule has 0 aliphatic carbocycles. The standard InChI is InChI=1S/C17H13FN4O2/c1-10-7-8-12(9-13(10)18)21-16(23)14-15(17(21)24)22(20-19-14)11-5-3-2-4-6-11/h2-9,14-15H,1H3. The van der Waals surface area contributed by atoms with Gasteiger partial charge in [-0.1, -0.05) is 29.5 Å². The van der Waals surface area contributed by atoms with Crippen molar-refractivity contribution in [2.45, 2.75) is 19.0 Å². The van der Waals surface area contributed by atoms with Crippen LogP contribution in [0, 0.1) is 12.7 Å². The first-order valence-electron chi connectivity index (χ1n) is 7.47. The maximum Gasteiger partial charge on any atom is 0.263 e. The molecule has 24 heavy (non-hydrogen) atoms. The Morgan fingerprint density at radius 2 is 1.75 bits per heavy atom. The quantitative estimate of drug-likeness (QED) is 0.798. The molecule has 0 N–H and O–H groups in total. The molecule has 4 rings (SSSR count). The summed E-state index contributed by atoms with van der Waals surface area (Å²) in [4.78, 5) is 26.4. The lowest BCUT2D eigenvalue weighted by Crippen LogP contribution is -2.39. The summed E-state index contributed by atoms with van der Waals surface area (Å²) in [5.74, 6) is -1.41. The molecule has 2 aliphatic heterocycles. The molecule has 0 saturated carbocycles. The van der Waals surface area contributed by atoms with Crippen LogP contribution in [0.4, 0.5) is 15.8 Å². The number of rotatable bonds is 2. The van der Waals surface area contributed by atoms with Crippen molar-refractivity contribution in [1.82, 2.24) is 0 Å². The first kappa shape index (κ1) is 14.5. The van der Waals surface area contributed by atoms with Gasteiger partial charge in [0, 0.05) is 0 Å². The second-order valence-corrected chi connectivity index (χ2v) is 5.72. The van der Waals surface area contributed by atoms with E-state index in [0.717, 1.165) is 4.90 Å². The number of amides is 2. The summed E-state index contributed by atoms with van der Waals surface area (Å²) in [6.07, 6.45) is 0. The average Bonchev–Trinajstić information content (AvgIpc) is 3.12. The predicted molar refractivity (Wildman–Crippen MR) is 85.0 cm³/mol. The number of anilines is 2. The van der Waals surface area contributed by atoms with E-state index in [1.165, 1.54) is 17.1 Å². The van der Waals surface area contributed by atoms with Crippen LogP contribution >= 0.6 is 0 Å². The SMILES string of the molecule is Cc1ccc(N2C(=O)C3N=NN(c4ccccc4)C3C2=O)cc1F. The third kappa shape index (κ3) is 2.01. The van der Waals surface area contributed by atoms with Crippen LogP contribution in [0.1, 0.15) is 5.56 Å². The normalized spacial score (nSPS) is 22.4. The fraction of sp³-hybridized carbons (Fsp3) is 0.176. The van der Waals surface area contributed by atoms with Crippen molar-refractivity contribution in [1.29, 1.82) is 0 Å². The van der Waals surface area contributed by atoms with Gasteiger partial charge in [-0.25, -0.2) is 14.3 Å². The largest absolute Gasteiger partial charge is 0.271 e. The zero-order valence-electron chi connectivity index (χ0n) is 12.8. The average molecular weight is 324 g/mol. The summed E-state index contributed by atoms with van der Waals surface area (Å²) in [5, 5.41) is 9.35. The van der Waals surface area contributed by atoms with Crippen molar-refractivity contribution in [3.8, 4) is 0 Å². The van der Waals surface area contributed by atoms with E-state index >= 15 is 0 Å². The highest BCUT2D eigenvalue weighted by Crippen LogP contribution is 2.35. The number of nitrogens with zero attached hydrogens (tertiary/aromatic N) is 4. The van der Waals surface area contributed by atoms with Gasteiger partial charge in [0.05, 0.1) is 11.4 Å². The number of carbonyl (C=O) groups excluding carboxylic acids is 2.